The Morgan fingerprint density at radius 1 is 0.943 bits per heavy atom. The van der Waals surface area contributed by atoms with Crippen molar-refractivity contribution in [2.45, 2.75) is 57.5 Å². The molecule has 1 aliphatic carbocycles. The van der Waals surface area contributed by atoms with Crippen LogP contribution in [0.1, 0.15) is 77.3 Å². The van der Waals surface area contributed by atoms with Gasteiger partial charge in [0.2, 0.25) is 5.43 Å². The van der Waals surface area contributed by atoms with Crippen molar-refractivity contribution in [3.63, 3.8) is 0 Å². The molecule has 182 valence electrons. The largest absolute Gasteiger partial charge is 0.349 e. The average Bonchev–Trinajstić information content (AvgIpc) is 3.63. The van der Waals surface area contributed by atoms with Crippen LogP contribution in [0.5, 0.6) is 0 Å². The normalized spacial score (nSPS) is 16.4. The van der Waals surface area contributed by atoms with Gasteiger partial charge in [0.25, 0.3) is 11.8 Å². The molecule has 2 aliphatic rings. The van der Waals surface area contributed by atoms with E-state index in [1.165, 1.54) is 0 Å². The van der Waals surface area contributed by atoms with E-state index in [4.69, 9.17) is 0 Å². The van der Waals surface area contributed by atoms with Gasteiger partial charge in [-0.05, 0) is 55.9 Å². The van der Waals surface area contributed by atoms with Crippen LogP contribution in [0, 0.1) is 0 Å². The number of nitrogens with zero attached hydrogens (tertiary/aromatic N) is 4. The molecule has 35 heavy (non-hydrogen) atoms. The highest BCUT2D eigenvalue weighted by atomic mass is 16.2. The van der Waals surface area contributed by atoms with Crippen molar-refractivity contribution in [3.8, 4) is 5.69 Å². The molecular weight excluding hydrogens is 442 g/mol. The molecule has 2 aromatic heterocycles. The molecular formula is C27H31N5O3. The van der Waals surface area contributed by atoms with Gasteiger partial charge in [-0.2, -0.15) is 5.10 Å². The van der Waals surface area contributed by atoms with Crippen LogP contribution in [-0.4, -0.2) is 44.2 Å². The molecule has 1 aliphatic heterocycles. The maximum absolute atomic E-state index is 13.3. The molecule has 0 radical (unpaired) electrons. The number of likely N-dealkylation sites (tertiary alicyclic amines) is 1. The summed E-state index contributed by atoms with van der Waals surface area (Å²) in [4.78, 5) is 41.5. The van der Waals surface area contributed by atoms with E-state index >= 15 is 0 Å². The Morgan fingerprint density at radius 2 is 1.66 bits per heavy atom. The number of rotatable bonds is 6. The van der Waals surface area contributed by atoms with Crippen molar-refractivity contribution >= 4 is 11.8 Å². The summed E-state index contributed by atoms with van der Waals surface area (Å²) in [6.07, 6.45) is 14.1. The first-order valence-electron chi connectivity index (χ1n) is 12.5. The molecule has 0 atom stereocenters. The van der Waals surface area contributed by atoms with Crippen LogP contribution in [0.25, 0.3) is 5.69 Å². The Bertz CT molecular complexity index is 1230. The summed E-state index contributed by atoms with van der Waals surface area (Å²) in [5, 5.41) is 7.09. The first kappa shape index (κ1) is 23.1. The van der Waals surface area contributed by atoms with Crippen LogP contribution in [0.3, 0.4) is 0 Å². The summed E-state index contributed by atoms with van der Waals surface area (Å²) in [6, 6.07) is 9.77. The minimum absolute atomic E-state index is 0.0351. The third-order valence-electron chi connectivity index (χ3n) is 7.07. The lowest BCUT2D eigenvalue weighted by Crippen LogP contribution is -2.40. The summed E-state index contributed by atoms with van der Waals surface area (Å²) < 4.78 is 3.69. The third kappa shape index (κ3) is 5.06. The monoisotopic (exact) mass is 473 g/mol. The molecule has 0 spiro atoms. The Kier molecular flexibility index (Phi) is 6.79. The number of carbonyl (C=O) groups is 2. The topological polar surface area (TPSA) is 89.2 Å². The van der Waals surface area contributed by atoms with Gasteiger partial charge in [0.05, 0.1) is 5.69 Å². The highest BCUT2D eigenvalue weighted by molar-refractivity contribution is 5.99. The van der Waals surface area contributed by atoms with Gasteiger partial charge in [0.1, 0.15) is 11.1 Å². The second-order valence-electron chi connectivity index (χ2n) is 9.45. The number of pyridine rings is 1. The van der Waals surface area contributed by atoms with Crippen LogP contribution in [0.15, 0.2) is 59.9 Å². The number of piperidine rings is 1. The molecule has 1 N–H and O–H groups in total. The van der Waals surface area contributed by atoms with E-state index < -0.39 is 11.3 Å². The highest BCUT2D eigenvalue weighted by Gasteiger charge is 2.26. The second-order valence-corrected chi connectivity index (χ2v) is 9.45. The Balaban J connectivity index is 1.37. The summed E-state index contributed by atoms with van der Waals surface area (Å²) in [7, 11) is 0. The lowest BCUT2D eigenvalue weighted by Gasteiger charge is -2.27. The van der Waals surface area contributed by atoms with Crippen LogP contribution in [0.2, 0.25) is 0 Å². The summed E-state index contributed by atoms with van der Waals surface area (Å²) in [5.74, 6) is -0.712. The van der Waals surface area contributed by atoms with Crippen LogP contribution < -0.4 is 10.7 Å². The van der Waals surface area contributed by atoms with Crippen LogP contribution in [0.4, 0.5) is 0 Å². The zero-order valence-electron chi connectivity index (χ0n) is 19.9. The van der Waals surface area contributed by atoms with Crippen LogP contribution in [-0.2, 0) is 6.54 Å². The summed E-state index contributed by atoms with van der Waals surface area (Å²) in [6.45, 7) is 1.60. The lowest BCUT2D eigenvalue weighted by molar-refractivity contribution is 0.0722. The lowest BCUT2D eigenvalue weighted by atomic mass is 10.1. The molecule has 0 unspecified atom stereocenters. The first-order chi connectivity index (χ1) is 17.1. The zero-order chi connectivity index (χ0) is 24.2. The van der Waals surface area contributed by atoms with Crippen molar-refractivity contribution in [1.29, 1.82) is 0 Å². The molecule has 1 aromatic carbocycles. The summed E-state index contributed by atoms with van der Waals surface area (Å²) >= 11 is 0. The predicted molar refractivity (Wildman–Crippen MR) is 133 cm³/mol. The van der Waals surface area contributed by atoms with E-state index in [9.17, 15) is 14.4 Å². The Labute approximate surface area is 204 Å². The molecule has 2 fully saturated rings. The minimum Gasteiger partial charge on any atom is -0.349 e. The molecule has 1 saturated heterocycles. The smallest absolute Gasteiger partial charge is 0.259 e. The number of carbonyl (C=O) groups excluding carboxylic acids is 2. The van der Waals surface area contributed by atoms with E-state index in [0.717, 1.165) is 56.2 Å². The van der Waals surface area contributed by atoms with Crippen molar-refractivity contribution < 1.29 is 9.59 Å². The van der Waals surface area contributed by atoms with E-state index in [1.807, 2.05) is 41.1 Å². The van der Waals surface area contributed by atoms with Crippen LogP contribution >= 0.6 is 0 Å². The van der Waals surface area contributed by atoms with Crippen molar-refractivity contribution in [3.05, 3.63) is 82.0 Å². The number of amides is 2. The Hall–Kier alpha value is -3.68. The molecule has 3 aromatic rings. The van der Waals surface area contributed by atoms with E-state index in [1.54, 1.807) is 28.2 Å². The van der Waals surface area contributed by atoms with Crippen molar-refractivity contribution in [2.24, 2.45) is 0 Å². The fourth-order valence-corrected chi connectivity index (χ4v) is 5.06. The Morgan fingerprint density at radius 3 is 2.34 bits per heavy atom. The van der Waals surface area contributed by atoms with Crippen molar-refractivity contribution in [2.75, 3.05) is 13.1 Å². The van der Waals surface area contributed by atoms with Gasteiger partial charge in [-0.1, -0.05) is 25.0 Å². The van der Waals surface area contributed by atoms with Gasteiger partial charge in [0.15, 0.2) is 0 Å². The SMILES string of the molecule is O=C(NCc1ccc(-n2cccn2)cc1)c1cn(C2CCCC2)cc(C(=O)N2CCCCC2)c1=O. The quantitative estimate of drug-likeness (QED) is 0.591. The molecule has 5 rings (SSSR count). The third-order valence-corrected chi connectivity index (χ3v) is 7.07. The van der Waals surface area contributed by atoms with Gasteiger partial charge in [-0.25, -0.2) is 4.68 Å². The van der Waals surface area contributed by atoms with Gasteiger partial charge in [-0.3, -0.25) is 14.4 Å². The first-order valence-corrected chi connectivity index (χ1v) is 12.5. The number of hydrogen-bond donors (Lipinski definition) is 1. The van der Waals surface area contributed by atoms with E-state index in [2.05, 4.69) is 10.4 Å². The fourth-order valence-electron chi connectivity index (χ4n) is 5.06. The van der Waals surface area contributed by atoms with E-state index in [-0.39, 0.29) is 29.6 Å². The molecule has 3 heterocycles. The molecule has 8 heteroatoms. The zero-order valence-corrected chi connectivity index (χ0v) is 19.9. The fraction of sp³-hybridized carbons (Fsp3) is 0.407. The molecule has 2 amide bonds. The predicted octanol–water partition coefficient (Wildman–Crippen LogP) is 3.71. The second kappa shape index (κ2) is 10.3. The van der Waals surface area contributed by atoms with Crippen molar-refractivity contribution in [1.82, 2.24) is 24.6 Å². The maximum atomic E-state index is 13.3. The highest BCUT2D eigenvalue weighted by Crippen LogP contribution is 2.29. The summed E-state index contributed by atoms with van der Waals surface area (Å²) in [5.41, 5.74) is 1.49. The van der Waals surface area contributed by atoms with E-state index in [0.29, 0.717) is 13.1 Å². The number of nitrogens with one attached hydrogen (secondary N) is 1. The average molecular weight is 474 g/mol. The molecule has 0 bridgehead atoms. The van der Waals surface area contributed by atoms with Gasteiger partial charge in [0, 0.05) is 50.5 Å². The molecule has 8 nitrogen and oxygen atoms in total. The maximum Gasteiger partial charge on any atom is 0.259 e. The number of aromatic nitrogens is 3. The van der Waals surface area contributed by atoms with Gasteiger partial charge >= 0.3 is 0 Å². The molecule has 1 saturated carbocycles. The number of benzene rings is 1. The number of hydrogen-bond acceptors (Lipinski definition) is 4. The van der Waals surface area contributed by atoms with Gasteiger partial charge < -0.3 is 14.8 Å². The minimum atomic E-state index is -0.485. The van der Waals surface area contributed by atoms with Gasteiger partial charge in [-0.15, -0.1) is 0 Å². The standard InChI is InChI=1S/C27H31N5O3/c33-25-23(26(34)28-17-20-9-11-22(12-10-20)32-16-6-13-29-32)18-31(21-7-2-3-8-21)19-24(25)27(35)30-14-4-1-5-15-30/h6,9-13,16,18-19,21H,1-5,7-8,14-15,17H2,(H,28,34).